The highest BCUT2D eigenvalue weighted by molar-refractivity contribution is 6.31. The molecule has 3 rings (SSSR count). The van der Waals surface area contributed by atoms with Crippen LogP contribution in [-0.4, -0.2) is 35.6 Å². The highest BCUT2D eigenvalue weighted by atomic mass is 35.5. The van der Waals surface area contributed by atoms with E-state index in [1.54, 1.807) is 39.0 Å². The number of alkyl halides is 3. The summed E-state index contributed by atoms with van der Waals surface area (Å²) in [6, 6.07) is 6.39. The number of aliphatic hydroxyl groups excluding tert-OH is 2. The molecule has 10 heteroatoms. The maximum absolute atomic E-state index is 13.3. The number of rotatable bonds is 4. The minimum Gasteiger partial charge on any atom is -0.494 e. The molecule has 2 aromatic rings. The SMILES string of the molecule is COc1c(NC(=O)N[C@@H]2Cc3c(Cl)cccc3[C@@H]2O)cc(C(C)(C)C)cc1[C@@H](O)C(F)(F)F. The molecule has 0 aliphatic heterocycles. The first-order valence-electron chi connectivity index (χ1n) is 10.2. The second-order valence-corrected chi connectivity index (χ2v) is 9.41. The van der Waals surface area contributed by atoms with Crippen LogP contribution in [0.25, 0.3) is 0 Å². The van der Waals surface area contributed by atoms with Gasteiger partial charge in [-0.25, -0.2) is 4.79 Å². The van der Waals surface area contributed by atoms with E-state index in [1.807, 2.05) is 0 Å². The summed E-state index contributed by atoms with van der Waals surface area (Å²) in [6.07, 6.45) is -8.43. The number of urea groups is 1. The molecule has 0 unspecified atom stereocenters. The molecule has 0 aromatic heterocycles. The van der Waals surface area contributed by atoms with E-state index in [1.165, 1.54) is 12.1 Å². The van der Waals surface area contributed by atoms with Gasteiger partial charge in [0.15, 0.2) is 6.10 Å². The number of benzene rings is 2. The molecule has 0 bridgehead atoms. The number of carbonyl (C=O) groups excluding carboxylic acids is 1. The third-order valence-corrected chi connectivity index (χ3v) is 5.99. The lowest BCUT2D eigenvalue weighted by molar-refractivity contribution is -0.207. The molecule has 0 fully saturated rings. The van der Waals surface area contributed by atoms with E-state index in [9.17, 15) is 28.2 Å². The molecular formula is C23H26ClF3N2O4. The van der Waals surface area contributed by atoms with E-state index in [2.05, 4.69) is 10.6 Å². The zero-order valence-corrected chi connectivity index (χ0v) is 19.3. The number of nitrogens with one attached hydrogen (secondary N) is 2. The maximum atomic E-state index is 13.3. The van der Waals surface area contributed by atoms with Gasteiger partial charge in [0.1, 0.15) is 5.75 Å². The van der Waals surface area contributed by atoms with Crippen molar-refractivity contribution in [3.63, 3.8) is 0 Å². The van der Waals surface area contributed by atoms with Crippen molar-refractivity contribution >= 4 is 23.3 Å². The van der Waals surface area contributed by atoms with E-state index < -0.39 is 41.4 Å². The summed E-state index contributed by atoms with van der Waals surface area (Å²) < 4.78 is 45.1. The molecule has 6 nitrogen and oxygen atoms in total. The van der Waals surface area contributed by atoms with Crippen LogP contribution >= 0.6 is 11.6 Å². The van der Waals surface area contributed by atoms with Gasteiger partial charge in [-0.1, -0.05) is 44.5 Å². The minimum absolute atomic E-state index is 0.0382. The van der Waals surface area contributed by atoms with Crippen molar-refractivity contribution in [2.75, 3.05) is 12.4 Å². The number of carbonyl (C=O) groups is 1. The fourth-order valence-corrected chi connectivity index (χ4v) is 4.12. The predicted octanol–water partition coefficient (Wildman–Crippen LogP) is 5.02. The van der Waals surface area contributed by atoms with Crippen LogP contribution < -0.4 is 15.4 Å². The molecule has 2 aromatic carbocycles. The number of hydrogen-bond donors (Lipinski definition) is 4. The van der Waals surface area contributed by atoms with Gasteiger partial charge in [-0.15, -0.1) is 0 Å². The summed E-state index contributed by atoms with van der Waals surface area (Å²) in [5.74, 6) is -0.304. The highest BCUT2D eigenvalue weighted by Gasteiger charge is 2.42. The Morgan fingerprint density at radius 1 is 1.24 bits per heavy atom. The Morgan fingerprint density at radius 3 is 2.45 bits per heavy atom. The number of fused-ring (bicyclic) bond motifs is 1. The van der Waals surface area contributed by atoms with Gasteiger partial charge in [0.2, 0.25) is 0 Å². The van der Waals surface area contributed by atoms with Crippen molar-refractivity contribution in [3.8, 4) is 5.75 Å². The lowest BCUT2D eigenvalue weighted by Gasteiger charge is -2.26. The van der Waals surface area contributed by atoms with Crippen LogP contribution in [0, 0.1) is 0 Å². The molecule has 180 valence electrons. The third-order valence-electron chi connectivity index (χ3n) is 5.64. The molecule has 3 atom stereocenters. The standard InChI is InChI=1S/C23H26ClF3N2O4/c1-22(2,3)11-8-14(20(31)23(25,26)27)19(33-4)17(9-11)29-21(32)28-16-10-13-12(18(16)30)6-5-7-15(13)24/h5-9,16,18,20,30-31H,10H2,1-4H3,(H2,28,29,32)/t16-,18+,20-/m1/s1. The van der Waals surface area contributed by atoms with Crippen LogP contribution in [0.2, 0.25) is 5.02 Å². The van der Waals surface area contributed by atoms with Crippen LogP contribution in [0.5, 0.6) is 5.75 Å². The van der Waals surface area contributed by atoms with Crippen LogP contribution in [0.1, 0.15) is 55.2 Å². The van der Waals surface area contributed by atoms with E-state index >= 15 is 0 Å². The molecule has 0 saturated carbocycles. The Balaban J connectivity index is 1.91. The monoisotopic (exact) mass is 486 g/mol. The average molecular weight is 487 g/mol. The maximum Gasteiger partial charge on any atom is 0.418 e. The molecular weight excluding hydrogens is 461 g/mol. The van der Waals surface area contributed by atoms with E-state index in [-0.39, 0.29) is 11.4 Å². The fourth-order valence-electron chi connectivity index (χ4n) is 3.86. The molecule has 4 N–H and O–H groups in total. The molecule has 1 aliphatic carbocycles. The van der Waals surface area contributed by atoms with Crippen molar-refractivity contribution in [1.82, 2.24) is 5.32 Å². The summed E-state index contributed by atoms with van der Waals surface area (Å²) in [6.45, 7) is 5.37. The molecule has 33 heavy (non-hydrogen) atoms. The molecule has 0 radical (unpaired) electrons. The number of ether oxygens (including phenoxy) is 1. The molecule has 0 heterocycles. The van der Waals surface area contributed by atoms with Crippen molar-refractivity contribution in [3.05, 3.63) is 57.6 Å². The van der Waals surface area contributed by atoms with Gasteiger partial charge in [-0.2, -0.15) is 13.2 Å². The number of anilines is 1. The number of methoxy groups -OCH3 is 1. The van der Waals surface area contributed by atoms with Gasteiger partial charge in [0, 0.05) is 10.6 Å². The largest absolute Gasteiger partial charge is 0.494 e. The van der Waals surface area contributed by atoms with Gasteiger partial charge < -0.3 is 25.6 Å². The Kier molecular flexibility index (Phi) is 6.89. The minimum atomic E-state index is -4.93. The van der Waals surface area contributed by atoms with Gasteiger partial charge >= 0.3 is 12.2 Å². The Labute approximate surface area is 194 Å². The summed E-state index contributed by atoms with van der Waals surface area (Å²) in [7, 11) is 1.15. The first-order chi connectivity index (χ1) is 15.2. The number of hydrogen-bond acceptors (Lipinski definition) is 4. The average Bonchev–Trinajstić information content (AvgIpc) is 3.02. The zero-order chi connectivity index (χ0) is 24.7. The summed E-state index contributed by atoms with van der Waals surface area (Å²) in [5, 5.41) is 26.1. The molecule has 0 saturated heterocycles. The topological polar surface area (TPSA) is 90.8 Å². The van der Waals surface area contributed by atoms with E-state index in [4.69, 9.17) is 16.3 Å². The smallest absolute Gasteiger partial charge is 0.418 e. The molecule has 0 spiro atoms. The van der Waals surface area contributed by atoms with E-state index in [0.717, 1.165) is 12.7 Å². The Hall–Kier alpha value is -2.49. The molecule has 2 amide bonds. The van der Waals surface area contributed by atoms with E-state index in [0.29, 0.717) is 22.6 Å². The Bertz CT molecular complexity index is 1050. The van der Waals surface area contributed by atoms with Crippen molar-refractivity contribution in [2.45, 2.75) is 57.0 Å². The third kappa shape index (κ3) is 5.20. The van der Waals surface area contributed by atoms with Crippen LogP contribution in [0.4, 0.5) is 23.7 Å². The second-order valence-electron chi connectivity index (χ2n) is 9.00. The van der Waals surface area contributed by atoms with Gasteiger partial charge in [-0.3, -0.25) is 0 Å². The predicted molar refractivity (Wildman–Crippen MR) is 119 cm³/mol. The zero-order valence-electron chi connectivity index (χ0n) is 18.5. The lowest BCUT2D eigenvalue weighted by Crippen LogP contribution is -2.40. The number of aliphatic hydroxyl groups is 2. The normalized spacial score (nSPS) is 19.1. The van der Waals surface area contributed by atoms with Crippen LogP contribution in [0.3, 0.4) is 0 Å². The number of halogens is 4. The summed E-state index contributed by atoms with van der Waals surface area (Å²) >= 11 is 6.18. The van der Waals surface area contributed by atoms with Crippen molar-refractivity contribution in [2.24, 2.45) is 0 Å². The van der Waals surface area contributed by atoms with Crippen molar-refractivity contribution < 1.29 is 32.9 Å². The molecule has 1 aliphatic rings. The quantitative estimate of drug-likeness (QED) is 0.488. The van der Waals surface area contributed by atoms with Crippen molar-refractivity contribution in [1.29, 1.82) is 0 Å². The summed E-state index contributed by atoms with van der Waals surface area (Å²) in [4.78, 5) is 12.8. The van der Waals surface area contributed by atoms with Gasteiger partial charge in [0.05, 0.1) is 24.9 Å². The van der Waals surface area contributed by atoms with Gasteiger partial charge in [-0.05, 0) is 46.7 Å². The lowest BCUT2D eigenvalue weighted by atomic mass is 9.84. The van der Waals surface area contributed by atoms with Crippen LogP contribution in [0.15, 0.2) is 30.3 Å². The fraction of sp³-hybridized carbons (Fsp3) is 0.435. The first-order valence-corrected chi connectivity index (χ1v) is 10.6. The first kappa shape index (κ1) is 25.1. The summed E-state index contributed by atoms with van der Waals surface area (Å²) in [5.41, 5.74) is 0.656. The van der Waals surface area contributed by atoms with Gasteiger partial charge in [0.25, 0.3) is 0 Å². The second kappa shape index (κ2) is 9.04. The highest BCUT2D eigenvalue weighted by Crippen LogP contribution is 2.43. The van der Waals surface area contributed by atoms with Crippen LogP contribution in [-0.2, 0) is 11.8 Å². The Morgan fingerprint density at radius 2 is 1.91 bits per heavy atom. The number of amides is 2.